The lowest BCUT2D eigenvalue weighted by Crippen LogP contribution is -2.32. The van der Waals surface area contributed by atoms with Crippen molar-refractivity contribution in [3.63, 3.8) is 0 Å². The molecular formula is C13H10BrN3O4. The van der Waals surface area contributed by atoms with E-state index in [-0.39, 0.29) is 11.5 Å². The van der Waals surface area contributed by atoms with Gasteiger partial charge in [0.2, 0.25) is 0 Å². The van der Waals surface area contributed by atoms with Gasteiger partial charge in [-0.25, -0.2) is 14.7 Å². The monoisotopic (exact) mass is 351 g/mol. The molecule has 0 aliphatic rings. The normalized spacial score (nSPS) is 10.2. The summed E-state index contributed by atoms with van der Waals surface area (Å²) in [5.41, 5.74) is -0.237. The topological polar surface area (TPSA) is 92.5 Å². The van der Waals surface area contributed by atoms with E-state index in [9.17, 15) is 19.5 Å². The maximum atomic E-state index is 12.1. The number of carbonyl (C=O) groups is 2. The number of amides is 1. The third-order valence-corrected chi connectivity index (χ3v) is 3.13. The average molecular weight is 352 g/mol. The first kappa shape index (κ1) is 14.9. The predicted octanol–water partition coefficient (Wildman–Crippen LogP) is 2.17. The Labute approximate surface area is 127 Å². The van der Waals surface area contributed by atoms with Gasteiger partial charge in [0.1, 0.15) is 11.5 Å². The molecule has 0 spiro atoms. The van der Waals surface area contributed by atoms with E-state index in [1.807, 2.05) is 0 Å². The second-order valence-electron chi connectivity index (χ2n) is 4.15. The highest BCUT2D eigenvalue weighted by atomic mass is 79.9. The molecule has 108 valence electrons. The standard InChI is InChI=1S/C13H10BrN3O4/c1-16-6-9(14)4-10(12(16)19)17(13(20)21)11-3-2-8(7-18)5-15-11/h2-7H,1H3,(H,20,21). The van der Waals surface area contributed by atoms with Crippen LogP contribution in [0.3, 0.4) is 0 Å². The van der Waals surface area contributed by atoms with Gasteiger partial charge in [-0.15, -0.1) is 0 Å². The smallest absolute Gasteiger partial charge is 0.417 e. The summed E-state index contributed by atoms with van der Waals surface area (Å²) in [4.78, 5) is 38.9. The van der Waals surface area contributed by atoms with Crippen molar-refractivity contribution >= 4 is 39.8 Å². The van der Waals surface area contributed by atoms with E-state index >= 15 is 0 Å². The zero-order valence-corrected chi connectivity index (χ0v) is 12.4. The molecule has 0 saturated carbocycles. The van der Waals surface area contributed by atoms with Crippen molar-refractivity contribution in [1.29, 1.82) is 0 Å². The minimum atomic E-state index is -1.35. The quantitative estimate of drug-likeness (QED) is 0.855. The van der Waals surface area contributed by atoms with Crippen molar-refractivity contribution < 1.29 is 14.7 Å². The third kappa shape index (κ3) is 3.00. The molecule has 0 aliphatic heterocycles. The number of hydrogen-bond acceptors (Lipinski definition) is 4. The van der Waals surface area contributed by atoms with Gasteiger partial charge < -0.3 is 9.67 Å². The van der Waals surface area contributed by atoms with Crippen LogP contribution in [0.15, 0.2) is 39.9 Å². The van der Waals surface area contributed by atoms with E-state index in [0.717, 1.165) is 4.90 Å². The van der Waals surface area contributed by atoms with E-state index < -0.39 is 11.7 Å². The molecule has 8 heteroatoms. The van der Waals surface area contributed by atoms with Crippen LogP contribution in [0.1, 0.15) is 10.4 Å². The van der Waals surface area contributed by atoms with Crippen LogP contribution in [0.2, 0.25) is 0 Å². The van der Waals surface area contributed by atoms with E-state index in [1.165, 1.54) is 42.2 Å². The number of hydrogen-bond donors (Lipinski definition) is 1. The first-order valence-corrected chi connectivity index (χ1v) is 6.54. The Morgan fingerprint density at radius 2 is 2.19 bits per heavy atom. The minimum Gasteiger partial charge on any atom is -0.464 e. The maximum absolute atomic E-state index is 12.1. The van der Waals surface area contributed by atoms with Gasteiger partial charge in [-0.2, -0.15) is 0 Å². The number of pyridine rings is 2. The highest BCUT2D eigenvalue weighted by Gasteiger charge is 2.22. The predicted molar refractivity (Wildman–Crippen MR) is 79.2 cm³/mol. The molecular weight excluding hydrogens is 342 g/mol. The van der Waals surface area contributed by atoms with Gasteiger partial charge >= 0.3 is 6.09 Å². The molecule has 21 heavy (non-hydrogen) atoms. The largest absolute Gasteiger partial charge is 0.464 e. The zero-order valence-electron chi connectivity index (χ0n) is 10.9. The van der Waals surface area contributed by atoms with E-state index in [0.29, 0.717) is 16.3 Å². The van der Waals surface area contributed by atoms with Gasteiger partial charge in [0.05, 0.1) is 0 Å². The summed E-state index contributed by atoms with van der Waals surface area (Å²) < 4.78 is 1.81. The minimum absolute atomic E-state index is 0.0308. The fraction of sp³-hybridized carbons (Fsp3) is 0.0769. The highest BCUT2D eigenvalue weighted by Crippen LogP contribution is 2.23. The first-order valence-electron chi connectivity index (χ1n) is 5.74. The molecule has 2 rings (SSSR count). The summed E-state index contributed by atoms with van der Waals surface area (Å²) in [5, 5.41) is 9.37. The summed E-state index contributed by atoms with van der Waals surface area (Å²) in [6, 6.07) is 4.18. The fourth-order valence-electron chi connectivity index (χ4n) is 1.74. The number of aryl methyl sites for hydroxylation is 1. The average Bonchev–Trinajstić information content (AvgIpc) is 2.44. The molecule has 2 aromatic heterocycles. The molecule has 0 radical (unpaired) electrons. The van der Waals surface area contributed by atoms with Crippen LogP contribution in [0.5, 0.6) is 0 Å². The summed E-state index contributed by atoms with van der Waals surface area (Å²) >= 11 is 3.21. The summed E-state index contributed by atoms with van der Waals surface area (Å²) in [5.74, 6) is 0.0308. The number of carboxylic acid groups (broad SMARTS) is 1. The first-order chi connectivity index (χ1) is 9.93. The molecule has 2 aromatic rings. The highest BCUT2D eigenvalue weighted by molar-refractivity contribution is 9.10. The number of rotatable bonds is 3. The number of anilines is 2. The van der Waals surface area contributed by atoms with Gasteiger partial charge in [0, 0.05) is 29.5 Å². The van der Waals surface area contributed by atoms with Crippen LogP contribution in [0, 0.1) is 0 Å². The number of aldehydes is 1. The van der Waals surface area contributed by atoms with Crippen molar-refractivity contribution in [2.75, 3.05) is 4.90 Å². The molecule has 1 N–H and O–H groups in total. The molecule has 0 atom stereocenters. The van der Waals surface area contributed by atoms with Crippen LogP contribution < -0.4 is 10.5 Å². The van der Waals surface area contributed by atoms with Crippen LogP contribution in [0.25, 0.3) is 0 Å². The molecule has 0 aromatic carbocycles. The van der Waals surface area contributed by atoms with Crippen molar-refractivity contribution in [3.05, 3.63) is 51.0 Å². The SMILES string of the molecule is Cn1cc(Br)cc(N(C(=O)O)c2ccc(C=O)cn2)c1=O. The molecule has 7 nitrogen and oxygen atoms in total. The Hall–Kier alpha value is -2.48. The lowest BCUT2D eigenvalue weighted by molar-refractivity contribution is 0.112. The Balaban J connectivity index is 2.61. The third-order valence-electron chi connectivity index (χ3n) is 2.70. The molecule has 0 saturated heterocycles. The van der Waals surface area contributed by atoms with Gasteiger partial charge in [-0.1, -0.05) is 0 Å². The van der Waals surface area contributed by atoms with Gasteiger partial charge in [0.25, 0.3) is 5.56 Å². The summed E-state index contributed by atoms with van der Waals surface area (Å²) in [7, 11) is 1.51. The summed E-state index contributed by atoms with van der Waals surface area (Å²) in [6.45, 7) is 0. The molecule has 0 bridgehead atoms. The van der Waals surface area contributed by atoms with E-state index in [4.69, 9.17) is 0 Å². The van der Waals surface area contributed by atoms with Crippen LogP contribution >= 0.6 is 15.9 Å². The second-order valence-corrected chi connectivity index (χ2v) is 5.06. The summed E-state index contributed by atoms with van der Waals surface area (Å²) in [6.07, 6.45) is 2.01. The lowest BCUT2D eigenvalue weighted by atomic mass is 10.3. The molecule has 0 unspecified atom stereocenters. The van der Waals surface area contributed by atoms with Crippen LogP contribution in [-0.4, -0.2) is 27.0 Å². The Bertz CT molecular complexity index is 755. The number of carbonyl (C=O) groups excluding carboxylic acids is 1. The second kappa shape index (κ2) is 5.88. The molecule has 2 heterocycles. The van der Waals surface area contributed by atoms with E-state index in [1.54, 1.807) is 0 Å². The Kier molecular flexibility index (Phi) is 4.18. The fourth-order valence-corrected chi connectivity index (χ4v) is 2.26. The van der Waals surface area contributed by atoms with Crippen molar-refractivity contribution in [2.24, 2.45) is 7.05 Å². The molecule has 1 amide bonds. The van der Waals surface area contributed by atoms with Crippen molar-refractivity contribution in [1.82, 2.24) is 9.55 Å². The van der Waals surface area contributed by atoms with E-state index in [2.05, 4.69) is 20.9 Å². The number of halogens is 1. The lowest BCUT2D eigenvalue weighted by Gasteiger charge is -2.18. The van der Waals surface area contributed by atoms with Gasteiger partial charge in [-0.05, 0) is 34.1 Å². The van der Waals surface area contributed by atoms with Crippen LogP contribution in [0.4, 0.5) is 16.3 Å². The van der Waals surface area contributed by atoms with Gasteiger partial charge in [-0.3, -0.25) is 9.59 Å². The number of nitrogens with zero attached hydrogens (tertiary/aromatic N) is 3. The Morgan fingerprint density at radius 3 is 2.71 bits per heavy atom. The zero-order chi connectivity index (χ0) is 15.6. The van der Waals surface area contributed by atoms with Crippen molar-refractivity contribution in [2.45, 2.75) is 0 Å². The van der Waals surface area contributed by atoms with Crippen LogP contribution in [-0.2, 0) is 7.05 Å². The maximum Gasteiger partial charge on any atom is 0.417 e. The van der Waals surface area contributed by atoms with Crippen molar-refractivity contribution in [3.8, 4) is 0 Å². The molecule has 0 fully saturated rings. The van der Waals surface area contributed by atoms with Gasteiger partial charge in [0.15, 0.2) is 6.29 Å². The Morgan fingerprint density at radius 1 is 1.48 bits per heavy atom. The number of aromatic nitrogens is 2. The molecule has 0 aliphatic carbocycles.